The third-order valence-electron chi connectivity index (χ3n) is 4.77. The molecule has 0 spiro atoms. The number of aromatic nitrogens is 1. The first-order valence-electron chi connectivity index (χ1n) is 9.03. The van der Waals surface area contributed by atoms with Crippen molar-refractivity contribution in [2.24, 2.45) is 0 Å². The van der Waals surface area contributed by atoms with Gasteiger partial charge in [0, 0.05) is 50.7 Å². The Bertz CT molecular complexity index is 703. The molecule has 1 atom stereocenters. The smallest absolute Gasteiger partial charge is 0.364 e. The maximum atomic E-state index is 12.3. The standard InChI is InChI=1S/C20H25N3O3/c1-2-10-20(19(24)25,26-18-6-4-3-5-7-18)23-15-13-22(14-16-23)17-8-11-21-12-9-17/h3-9,11-12H,2,10,13-16H2,1H3,(H,24,25). The summed E-state index contributed by atoms with van der Waals surface area (Å²) >= 11 is 0. The number of nitrogens with zero attached hydrogens (tertiary/aromatic N) is 3. The number of rotatable bonds is 7. The average molecular weight is 355 g/mol. The molecular formula is C20H25N3O3. The zero-order chi connectivity index (χ0) is 18.4. The van der Waals surface area contributed by atoms with Crippen LogP contribution in [0.4, 0.5) is 5.69 Å². The monoisotopic (exact) mass is 355 g/mol. The molecule has 0 radical (unpaired) electrons. The topological polar surface area (TPSA) is 65.9 Å². The second kappa shape index (κ2) is 8.19. The molecule has 1 aromatic carbocycles. The molecular weight excluding hydrogens is 330 g/mol. The van der Waals surface area contributed by atoms with E-state index >= 15 is 0 Å². The van der Waals surface area contributed by atoms with Crippen molar-refractivity contribution < 1.29 is 14.6 Å². The SMILES string of the molecule is CCCC(Oc1ccccc1)(C(=O)O)N1CCN(c2ccncc2)CC1. The number of anilines is 1. The normalized spacial score (nSPS) is 17.5. The number of pyridine rings is 1. The predicted molar refractivity (Wildman–Crippen MR) is 100 cm³/mol. The van der Waals surface area contributed by atoms with E-state index in [1.807, 2.05) is 42.2 Å². The van der Waals surface area contributed by atoms with Gasteiger partial charge in [0.1, 0.15) is 5.75 Å². The van der Waals surface area contributed by atoms with Crippen LogP contribution >= 0.6 is 0 Å². The van der Waals surface area contributed by atoms with Crippen LogP contribution in [0.3, 0.4) is 0 Å². The lowest BCUT2D eigenvalue weighted by atomic mass is 10.0. The first-order valence-corrected chi connectivity index (χ1v) is 9.03. The van der Waals surface area contributed by atoms with E-state index in [1.165, 1.54) is 0 Å². The first-order chi connectivity index (χ1) is 12.7. The summed E-state index contributed by atoms with van der Waals surface area (Å²) in [7, 11) is 0. The van der Waals surface area contributed by atoms with E-state index in [2.05, 4.69) is 9.88 Å². The highest BCUT2D eigenvalue weighted by Crippen LogP contribution is 2.29. The highest BCUT2D eigenvalue weighted by atomic mass is 16.5. The van der Waals surface area contributed by atoms with Gasteiger partial charge in [-0.25, -0.2) is 4.79 Å². The summed E-state index contributed by atoms with van der Waals surface area (Å²) in [6, 6.07) is 13.2. The molecule has 1 aliphatic rings. The van der Waals surface area contributed by atoms with E-state index in [0.29, 0.717) is 25.3 Å². The van der Waals surface area contributed by atoms with Crippen LogP contribution < -0.4 is 9.64 Å². The van der Waals surface area contributed by atoms with Crippen molar-refractivity contribution in [3.63, 3.8) is 0 Å². The van der Waals surface area contributed by atoms with Gasteiger partial charge in [-0.3, -0.25) is 9.88 Å². The minimum absolute atomic E-state index is 0.437. The second-order valence-electron chi connectivity index (χ2n) is 6.43. The number of para-hydroxylation sites is 1. The van der Waals surface area contributed by atoms with Crippen molar-refractivity contribution in [3.05, 3.63) is 54.9 Å². The number of aliphatic carboxylic acids is 1. The molecule has 26 heavy (non-hydrogen) atoms. The molecule has 0 amide bonds. The van der Waals surface area contributed by atoms with Crippen LogP contribution in [0.5, 0.6) is 5.75 Å². The van der Waals surface area contributed by atoms with Crippen LogP contribution in [0.25, 0.3) is 0 Å². The molecule has 138 valence electrons. The summed E-state index contributed by atoms with van der Waals surface area (Å²) in [6.45, 7) is 4.74. The zero-order valence-corrected chi connectivity index (χ0v) is 15.0. The molecule has 1 N–H and O–H groups in total. The molecule has 1 fully saturated rings. The molecule has 0 aliphatic carbocycles. The lowest BCUT2D eigenvalue weighted by Gasteiger charge is -2.45. The first kappa shape index (κ1) is 18.2. The van der Waals surface area contributed by atoms with Gasteiger partial charge in [-0.2, -0.15) is 0 Å². The van der Waals surface area contributed by atoms with E-state index < -0.39 is 11.7 Å². The number of benzene rings is 1. The van der Waals surface area contributed by atoms with Crippen LogP contribution in [0.1, 0.15) is 19.8 Å². The van der Waals surface area contributed by atoms with Crippen molar-refractivity contribution in [1.82, 2.24) is 9.88 Å². The zero-order valence-electron chi connectivity index (χ0n) is 15.0. The van der Waals surface area contributed by atoms with Gasteiger partial charge in [-0.1, -0.05) is 31.5 Å². The van der Waals surface area contributed by atoms with Crippen molar-refractivity contribution in [2.45, 2.75) is 25.5 Å². The van der Waals surface area contributed by atoms with Crippen molar-refractivity contribution >= 4 is 11.7 Å². The molecule has 3 rings (SSSR count). The number of hydrogen-bond acceptors (Lipinski definition) is 5. The van der Waals surface area contributed by atoms with Gasteiger partial charge in [0.2, 0.25) is 0 Å². The van der Waals surface area contributed by atoms with Gasteiger partial charge in [0.25, 0.3) is 5.72 Å². The Morgan fingerprint density at radius 2 is 1.77 bits per heavy atom. The highest BCUT2D eigenvalue weighted by molar-refractivity contribution is 5.77. The van der Waals surface area contributed by atoms with Crippen LogP contribution in [0.2, 0.25) is 0 Å². The Hall–Kier alpha value is -2.60. The summed E-state index contributed by atoms with van der Waals surface area (Å²) in [5.41, 5.74) is -0.222. The maximum absolute atomic E-state index is 12.3. The molecule has 0 saturated carbocycles. The minimum atomic E-state index is -1.33. The Morgan fingerprint density at radius 1 is 1.12 bits per heavy atom. The fraction of sp³-hybridized carbons (Fsp3) is 0.400. The summed E-state index contributed by atoms with van der Waals surface area (Å²) in [4.78, 5) is 20.5. The highest BCUT2D eigenvalue weighted by Gasteiger charge is 2.47. The third kappa shape index (κ3) is 3.80. The quantitative estimate of drug-likeness (QED) is 0.824. The van der Waals surface area contributed by atoms with Gasteiger partial charge in [0.15, 0.2) is 0 Å². The molecule has 2 aromatic rings. The predicted octanol–water partition coefficient (Wildman–Crippen LogP) is 2.86. The number of carboxylic acids is 1. The molecule has 1 aromatic heterocycles. The average Bonchev–Trinajstić information content (AvgIpc) is 2.69. The molecule has 6 heteroatoms. The molecule has 6 nitrogen and oxygen atoms in total. The lowest BCUT2D eigenvalue weighted by Crippen LogP contribution is -2.64. The molecule has 0 bridgehead atoms. The van der Waals surface area contributed by atoms with Crippen LogP contribution in [0, 0.1) is 0 Å². The summed E-state index contributed by atoms with van der Waals surface area (Å²) in [5.74, 6) is -0.347. The second-order valence-corrected chi connectivity index (χ2v) is 6.43. The van der Waals surface area contributed by atoms with E-state index in [0.717, 1.165) is 25.2 Å². The lowest BCUT2D eigenvalue weighted by molar-refractivity contribution is -0.178. The fourth-order valence-electron chi connectivity index (χ4n) is 3.46. The van der Waals surface area contributed by atoms with Crippen LogP contribution in [0.15, 0.2) is 54.9 Å². The van der Waals surface area contributed by atoms with E-state index in [4.69, 9.17) is 4.74 Å². The molecule has 2 heterocycles. The summed E-state index contributed by atoms with van der Waals surface area (Å²) < 4.78 is 6.08. The van der Waals surface area contributed by atoms with Gasteiger partial charge >= 0.3 is 5.97 Å². The number of carbonyl (C=O) groups is 1. The van der Waals surface area contributed by atoms with Gasteiger partial charge in [-0.05, 0) is 24.3 Å². The maximum Gasteiger partial charge on any atom is 0.364 e. The summed E-state index contributed by atoms with van der Waals surface area (Å²) in [6.07, 6.45) is 4.72. The van der Waals surface area contributed by atoms with Gasteiger partial charge < -0.3 is 14.7 Å². The number of hydrogen-bond donors (Lipinski definition) is 1. The Morgan fingerprint density at radius 3 is 2.35 bits per heavy atom. The number of ether oxygens (including phenoxy) is 1. The van der Waals surface area contributed by atoms with Crippen molar-refractivity contribution in [1.29, 1.82) is 0 Å². The number of carboxylic acid groups (broad SMARTS) is 1. The largest absolute Gasteiger partial charge is 0.477 e. The molecule has 1 aliphatic heterocycles. The van der Waals surface area contributed by atoms with E-state index in [9.17, 15) is 9.90 Å². The van der Waals surface area contributed by atoms with Crippen LogP contribution in [-0.2, 0) is 4.79 Å². The molecule has 1 saturated heterocycles. The van der Waals surface area contributed by atoms with Gasteiger partial charge in [0.05, 0.1) is 0 Å². The van der Waals surface area contributed by atoms with Crippen molar-refractivity contribution in [2.75, 3.05) is 31.1 Å². The van der Waals surface area contributed by atoms with E-state index in [1.54, 1.807) is 24.5 Å². The van der Waals surface area contributed by atoms with E-state index in [-0.39, 0.29) is 0 Å². The van der Waals surface area contributed by atoms with Crippen LogP contribution in [-0.4, -0.2) is 52.9 Å². The third-order valence-corrected chi connectivity index (χ3v) is 4.77. The van der Waals surface area contributed by atoms with Gasteiger partial charge in [-0.15, -0.1) is 0 Å². The van der Waals surface area contributed by atoms with Crippen molar-refractivity contribution in [3.8, 4) is 5.75 Å². The minimum Gasteiger partial charge on any atom is -0.477 e. The Labute approximate surface area is 154 Å². The number of piperazine rings is 1. The Balaban J connectivity index is 1.78. The summed E-state index contributed by atoms with van der Waals surface area (Å²) in [5, 5.41) is 10.1. The fourth-order valence-corrected chi connectivity index (χ4v) is 3.46. The molecule has 1 unspecified atom stereocenters. The Kier molecular flexibility index (Phi) is 5.73.